The fourth-order valence-corrected chi connectivity index (χ4v) is 1.62. The molecule has 0 saturated heterocycles. The third-order valence-electron chi connectivity index (χ3n) is 2.68. The normalized spacial score (nSPS) is 15.2. The number of hydrogen-bond donors (Lipinski definition) is 1. The molecule has 0 fully saturated rings. The van der Waals surface area contributed by atoms with E-state index < -0.39 is 0 Å². The number of aliphatic imine (C=N–C) groups is 1. The average molecular weight is 273 g/mol. The molecule has 0 amide bonds. The molecule has 0 unspecified atom stereocenters. The van der Waals surface area contributed by atoms with Crippen molar-refractivity contribution in [1.82, 2.24) is 10.2 Å². The lowest BCUT2D eigenvalue weighted by Crippen LogP contribution is -2.23. The van der Waals surface area contributed by atoms with Gasteiger partial charge in [0.05, 0.1) is 7.11 Å². The van der Waals surface area contributed by atoms with Crippen LogP contribution in [0, 0.1) is 0 Å². The Morgan fingerprint density at radius 3 is 3.10 bits per heavy atom. The molecule has 0 spiro atoms. The zero-order valence-electron chi connectivity index (χ0n) is 12.3. The van der Waals surface area contributed by atoms with Gasteiger partial charge < -0.3 is 10.1 Å². The van der Waals surface area contributed by atoms with Gasteiger partial charge in [0.25, 0.3) is 0 Å². The van der Waals surface area contributed by atoms with Gasteiger partial charge in [-0.05, 0) is 19.4 Å². The first-order valence-corrected chi connectivity index (χ1v) is 6.59. The molecule has 1 aliphatic rings. The summed E-state index contributed by atoms with van der Waals surface area (Å²) in [5, 5.41) is 3.22. The predicted octanol–water partition coefficient (Wildman–Crippen LogP) is 2.96. The lowest BCUT2D eigenvalue weighted by molar-refractivity contribution is 0.189. The summed E-state index contributed by atoms with van der Waals surface area (Å²) in [6.07, 6.45) is 12.4. The van der Waals surface area contributed by atoms with Crippen molar-refractivity contribution in [2.45, 2.75) is 13.3 Å². The maximum absolute atomic E-state index is 5.32. The molecule has 0 aliphatic carbocycles. The van der Waals surface area contributed by atoms with Gasteiger partial charge in [-0.25, -0.2) is 0 Å². The highest BCUT2D eigenvalue weighted by Crippen LogP contribution is 2.11. The lowest BCUT2D eigenvalue weighted by Gasteiger charge is -2.23. The Morgan fingerprint density at radius 2 is 2.40 bits per heavy atom. The van der Waals surface area contributed by atoms with Gasteiger partial charge in [0.2, 0.25) is 0 Å². The van der Waals surface area contributed by atoms with Crippen LogP contribution in [0.5, 0.6) is 0 Å². The molecule has 0 aromatic carbocycles. The lowest BCUT2D eigenvalue weighted by atomic mass is 10.3. The van der Waals surface area contributed by atoms with E-state index in [0.29, 0.717) is 6.67 Å². The van der Waals surface area contributed by atoms with E-state index in [1.807, 2.05) is 36.3 Å². The van der Waals surface area contributed by atoms with Gasteiger partial charge in [0.1, 0.15) is 6.67 Å². The van der Waals surface area contributed by atoms with Crippen LogP contribution in [-0.4, -0.2) is 30.9 Å². The molecule has 20 heavy (non-hydrogen) atoms. The second-order valence-corrected chi connectivity index (χ2v) is 4.32. The van der Waals surface area contributed by atoms with Gasteiger partial charge in [-0.3, -0.25) is 9.89 Å². The van der Waals surface area contributed by atoms with Crippen molar-refractivity contribution in [3.63, 3.8) is 0 Å². The Labute approximate surface area is 121 Å². The van der Waals surface area contributed by atoms with E-state index in [2.05, 4.69) is 29.5 Å². The summed E-state index contributed by atoms with van der Waals surface area (Å²) >= 11 is 0. The number of nitrogens with one attached hydrogen (secondary N) is 1. The fraction of sp³-hybridized carbons (Fsp3) is 0.312. The van der Waals surface area contributed by atoms with Crippen LogP contribution < -0.4 is 5.32 Å². The van der Waals surface area contributed by atoms with Crippen molar-refractivity contribution in [3.8, 4) is 0 Å². The third-order valence-corrected chi connectivity index (χ3v) is 2.68. The van der Waals surface area contributed by atoms with Crippen molar-refractivity contribution < 1.29 is 4.74 Å². The van der Waals surface area contributed by atoms with Crippen LogP contribution in [0.25, 0.3) is 0 Å². The molecule has 0 saturated carbocycles. The smallest absolute Gasteiger partial charge is 0.196 e. The SMILES string of the molecule is C=C/C=C\C(=C)NCC/C=C\N1CN=C(C)C=C1OC. The van der Waals surface area contributed by atoms with Gasteiger partial charge in [-0.15, -0.1) is 0 Å². The second kappa shape index (κ2) is 8.80. The molecular weight excluding hydrogens is 250 g/mol. The molecule has 108 valence electrons. The van der Waals surface area contributed by atoms with Crippen molar-refractivity contribution >= 4 is 5.71 Å². The van der Waals surface area contributed by atoms with E-state index in [4.69, 9.17) is 4.74 Å². The summed E-state index contributed by atoms with van der Waals surface area (Å²) in [4.78, 5) is 6.33. The average Bonchev–Trinajstić information content (AvgIpc) is 2.45. The van der Waals surface area contributed by atoms with E-state index in [0.717, 1.165) is 30.3 Å². The first-order valence-electron chi connectivity index (χ1n) is 6.59. The third kappa shape index (κ3) is 5.61. The van der Waals surface area contributed by atoms with Gasteiger partial charge in [-0.1, -0.05) is 31.4 Å². The summed E-state index contributed by atoms with van der Waals surface area (Å²) in [7, 11) is 1.67. The van der Waals surface area contributed by atoms with E-state index in [1.54, 1.807) is 13.2 Å². The number of rotatable bonds is 8. The minimum atomic E-state index is 0.601. The molecule has 0 bridgehead atoms. The van der Waals surface area contributed by atoms with Crippen LogP contribution in [-0.2, 0) is 4.74 Å². The van der Waals surface area contributed by atoms with Crippen LogP contribution in [0.4, 0.5) is 0 Å². The van der Waals surface area contributed by atoms with E-state index in [9.17, 15) is 0 Å². The number of allylic oxidation sites excluding steroid dienone is 4. The maximum Gasteiger partial charge on any atom is 0.196 e. The number of hydrogen-bond acceptors (Lipinski definition) is 4. The second-order valence-electron chi connectivity index (χ2n) is 4.32. The molecule has 1 heterocycles. The van der Waals surface area contributed by atoms with Crippen LogP contribution >= 0.6 is 0 Å². The Hall–Kier alpha value is -2.23. The topological polar surface area (TPSA) is 36.9 Å². The summed E-state index contributed by atoms with van der Waals surface area (Å²) in [5.41, 5.74) is 1.87. The Morgan fingerprint density at radius 1 is 1.60 bits per heavy atom. The number of ether oxygens (including phenoxy) is 1. The summed E-state index contributed by atoms with van der Waals surface area (Å²) in [6, 6.07) is 0. The van der Waals surface area contributed by atoms with Crippen LogP contribution in [0.3, 0.4) is 0 Å². The predicted molar refractivity (Wildman–Crippen MR) is 85.1 cm³/mol. The zero-order chi connectivity index (χ0) is 14.8. The Balaban J connectivity index is 2.32. The maximum atomic E-state index is 5.32. The van der Waals surface area contributed by atoms with E-state index in [-0.39, 0.29) is 0 Å². The summed E-state index contributed by atoms with van der Waals surface area (Å²) in [6.45, 7) is 10.9. The molecule has 0 atom stereocenters. The van der Waals surface area contributed by atoms with Crippen molar-refractivity contribution in [2.24, 2.45) is 4.99 Å². The summed E-state index contributed by atoms with van der Waals surface area (Å²) < 4.78 is 5.32. The van der Waals surface area contributed by atoms with Crippen LogP contribution in [0.15, 0.2) is 66.3 Å². The molecule has 0 aromatic rings. The fourth-order valence-electron chi connectivity index (χ4n) is 1.62. The Kier molecular flexibility index (Phi) is 6.96. The van der Waals surface area contributed by atoms with E-state index >= 15 is 0 Å². The van der Waals surface area contributed by atoms with Crippen molar-refractivity contribution in [2.75, 3.05) is 20.3 Å². The van der Waals surface area contributed by atoms with Gasteiger partial charge in [0.15, 0.2) is 5.88 Å². The number of methoxy groups -OCH3 is 1. The summed E-state index contributed by atoms with van der Waals surface area (Å²) in [5.74, 6) is 0.819. The quantitative estimate of drug-likeness (QED) is 0.545. The molecule has 0 aromatic heterocycles. The van der Waals surface area contributed by atoms with E-state index in [1.165, 1.54) is 0 Å². The first kappa shape index (κ1) is 15.8. The van der Waals surface area contributed by atoms with Gasteiger partial charge >= 0.3 is 0 Å². The molecular formula is C16H23N3O. The standard InChI is InChI=1S/C16H23N3O/c1-5-6-9-14(2)17-10-7-8-11-19-13-18-15(3)12-16(19)20-4/h5-6,8-9,11-12,17H,1-2,7,10,13H2,3-4H3/b9-6-,11-8-. The largest absolute Gasteiger partial charge is 0.482 e. The van der Waals surface area contributed by atoms with Crippen molar-refractivity contribution in [1.29, 1.82) is 0 Å². The molecule has 0 radical (unpaired) electrons. The zero-order valence-corrected chi connectivity index (χ0v) is 12.3. The minimum absolute atomic E-state index is 0.601. The highest BCUT2D eigenvalue weighted by Gasteiger charge is 2.10. The molecule has 4 nitrogen and oxygen atoms in total. The van der Waals surface area contributed by atoms with Crippen molar-refractivity contribution in [3.05, 3.63) is 61.3 Å². The van der Waals surface area contributed by atoms with Crippen LogP contribution in [0.1, 0.15) is 13.3 Å². The Bertz CT molecular complexity index is 458. The minimum Gasteiger partial charge on any atom is -0.482 e. The molecule has 1 aliphatic heterocycles. The first-order chi connectivity index (χ1) is 9.67. The molecule has 4 heteroatoms. The van der Waals surface area contributed by atoms with Gasteiger partial charge in [-0.2, -0.15) is 0 Å². The highest BCUT2D eigenvalue weighted by atomic mass is 16.5. The van der Waals surface area contributed by atoms with Crippen LogP contribution in [0.2, 0.25) is 0 Å². The number of nitrogens with zero attached hydrogens (tertiary/aromatic N) is 2. The molecule has 1 N–H and O–H groups in total. The monoisotopic (exact) mass is 273 g/mol. The molecule has 1 rings (SSSR count). The van der Waals surface area contributed by atoms with Gasteiger partial charge in [0, 0.05) is 30.2 Å². The highest BCUT2D eigenvalue weighted by molar-refractivity contribution is 5.93.